The summed E-state index contributed by atoms with van der Waals surface area (Å²) in [5, 5.41) is 3.16. The van der Waals surface area contributed by atoms with E-state index in [1.807, 2.05) is 20.8 Å². The fourth-order valence-corrected chi connectivity index (χ4v) is 2.38. The van der Waals surface area contributed by atoms with Crippen LogP contribution < -0.4 is 5.32 Å². The maximum absolute atomic E-state index is 11.3. The van der Waals surface area contributed by atoms with Crippen molar-refractivity contribution in [3.63, 3.8) is 0 Å². The third kappa shape index (κ3) is 3.71. The highest BCUT2D eigenvalue weighted by atomic mass is 32.2. The first-order valence-corrected chi connectivity index (χ1v) is 7.63. The first kappa shape index (κ1) is 13.4. The van der Waals surface area contributed by atoms with E-state index < -0.39 is 15.1 Å². The van der Waals surface area contributed by atoms with E-state index in [2.05, 4.69) is 14.7 Å². The molecule has 0 aromatic carbocycles. The van der Waals surface area contributed by atoms with Gasteiger partial charge in [0, 0.05) is 23.3 Å². The maximum atomic E-state index is 11.3. The van der Waals surface area contributed by atoms with Crippen LogP contribution in [0.5, 0.6) is 0 Å². The Morgan fingerprint density at radius 3 is 2.38 bits per heavy atom. The average Bonchev–Trinajstić information content (AvgIpc) is 2.46. The number of hydrogen-bond acceptors (Lipinski definition) is 6. The quantitative estimate of drug-likeness (QED) is 0.901. The van der Waals surface area contributed by atoms with Gasteiger partial charge in [0.05, 0.1) is 0 Å². The molecule has 0 spiro atoms. The Bertz CT molecular complexity index is 459. The van der Waals surface area contributed by atoms with Gasteiger partial charge in [0.1, 0.15) is 5.25 Å². The molecule has 5 nitrogen and oxygen atoms in total. The number of aromatic nitrogens is 2. The summed E-state index contributed by atoms with van der Waals surface area (Å²) in [6.07, 6.45) is 1.19. The highest BCUT2D eigenvalue weighted by molar-refractivity contribution is 7.90. The molecule has 1 atom stereocenters. The van der Waals surface area contributed by atoms with Crippen molar-refractivity contribution < 1.29 is 8.42 Å². The molecule has 16 heavy (non-hydrogen) atoms. The van der Waals surface area contributed by atoms with Crippen molar-refractivity contribution in [1.82, 2.24) is 9.36 Å². The lowest BCUT2D eigenvalue weighted by molar-refractivity contribution is 0.590. The van der Waals surface area contributed by atoms with Gasteiger partial charge in [-0.15, -0.1) is 0 Å². The Morgan fingerprint density at radius 1 is 1.38 bits per heavy atom. The molecule has 7 heteroatoms. The zero-order valence-electron chi connectivity index (χ0n) is 10.1. The van der Waals surface area contributed by atoms with Crippen molar-refractivity contribution in [2.24, 2.45) is 0 Å². The number of nitrogens with one attached hydrogen (secondary N) is 1. The van der Waals surface area contributed by atoms with E-state index >= 15 is 0 Å². The molecular formula is C9H17N3O2S2. The summed E-state index contributed by atoms with van der Waals surface area (Å²) in [4.78, 5) is 4.18. The van der Waals surface area contributed by atoms with Crippen LogP contribution in [0, 0.1) is 0 Å². The SMILES string of the molecule is CC(c1nsc(NC(C)(C)C)n1)S(C)(=O)=O. The molecule has 92 valence electrons. The monoisotopic (exact) mass is 263 g/mol. The van der Waals surface area contributed by atoms with E-state index in [-0.39, 0.29) is 5.54 Å². The van der Waals surface area contributed by atoms with Crippen molar-refractivity contribution in [2.45, 2.75) is 38.5 Å². The predicted octanol–water partition coefficient (Wildman–Crippen LogP) is 1.85. The summed E-state index contributed by atoms with van der Waals surface area (Å²) >= 11 is 1.18. The van der Waals surface area contributed by atoms with Crippen LogP contribution in [0.3, 0.4) is 0 Å². The minimum absolute atomic E-state index is 0.106. The highest BCUT2D eigenvalue weighted by Gasteiger charge is 2.22. The van der Waals surface area contributed by atoms with E-state index in [1.54, 1.807) is 6.92 Å². The summed E-state index contributed by atoms with van der Waals surface area (Å²) in [5.41, 5.74) is -0.106. The highest BCUT2D eigenvalue weighted by Crippen LogP contribution is 2.23. The van der Waals surface area contributed by atoms with Gasteiger partial charge in [-0.1, -0.05) is 0 Å². The third-order valence-corrected chi connectivity index (χ3v) is 4.07. The standard InChI is InChI=1S/C9H17N3O2S2/c1-6(16(5,13)14)7-10-8(15-12-7)11-9(2,3)4/h6H,1-5H3,(H,10,11,12). The molecule has 0 bridgehead atoms. The van der Waals surface area contributed by atoms with E-state index in [0.717, 1.165) is 0 Å². The van der Waals surface area contributed by atoms with E-state index in [0.29, 0.717) is 11.0 Å². The fourth-order valence-electron chi connectivity index (χ4n) is 0.963. The second-order valence-electron chi connectivity index (χ2n) is 4.80. The van der Waals surface area contributed by atoms with E-state index in [4.69, 9.17) is 0 Å². The average molecular weight is 263 g/mol. The van der Waals surface area contributed by atoms with Crippen LogP contribution in [0.2, 0.25) is 0 Å². The van der Waals surface area contributed by atoms with Crippen molar-refractivity contribution in [1.29, 1.82) is 0 Å². The summed E-state index contributed by atoms with van der Waals surface area (Å²) in [5.74, 6) is 0.360. The molecule has 1 aromatic rings. The molecule has 1 heterocycles. The number of nitrogens with zero attached hydrogens (tertiary/aromatic N) is 2. The molecule has 0 aliphatic rings. The number of rotatable bonds is 3. The molecule has 0 radical (unpaired) electrons. The van der Waals surface area contributed by atoms with Crippen molar-refractivity contribution in [2.75, 3.05) is 11.6 Å². The molecule has 0 aliphatic carbocycles. The van der Waals surface area contributed by atoms with E-state index in [1.165, 1.54) is 17.8 Å². The predicted molar refractivity (Wildman–Crippen MR) is 66.5 cm³/mol. The Morgan fingerprint density at radius 2 is 1.94 bits per heavy atom. The Hall–Kier alpha value is -0.690. The van der Waals surface area contributed by atoms with Crippen molar-refractivity contribution >= 4 is 26.5 Å². The maximum Gasteiger partial charge on any atom is 0.203 e. The summed E-state index contributed by atoms with van der Waals surface area (Å²) in [6, 6.07) is 0. The van der Waals surface area contributed by atoms with Gasteiger partial charge in [-0.3, -0.25) is 0 Å². The summed E-state index contributed by atoms with van der Waals surface area (Å²) in [7, 11) is -3.13. The molecule has 0 fully saturated rings. The molecule has 0 aliphatic heterocycles. The fraction of sp³-hybridized carbons (Fsp3) is 0.778. The van der Waals surface area contributed by atoms with Crippen molar-refractivity contribution in [3.8, 4) is 0 Å². The summed E-state index contributed by atoms with van der Waals surface area (Å²) < 4.78 is 26.7. The van der Waals surface area contributed by atoms with Crippen LogP contribution in [0.15, 0.2) is 0 Å². The molecule has 1 N–H and O–H groups in total. The van der Waals surface area contributed by atoms with Gasteiger partial charge >= 0.3 is 0 Å². The van der Waals surface area contributed by atoms with Gasteiger partial charge in [0.2, 0.25) is 5.13 Å². The van der Waals surface area contributed by atoms with Crippen LogP contribution in [0.4, 0.5) is 5.13 Å². The zero-order valence-corrected chi connectivity index (χ0v) is 11.7. The second-order valence-corrected chi connectivity index (χ2v) is 7.92. The Balaban J connectivity index is 2.88. The van der Waals surface area contributed by atoms with Crippen LogP contribution in [-0.2, 0) is 9.84 Å². The van der Waals surface area contributed by atoms with Gasteiger partial charge in [-0.25, -0.2) is 13.4 Å². The molecule has 0 amide bonds. The normalized spacial score (nSPS) is 14.8. The van der Waals surface area contributed by atoms with Crippen LogP contribution >= 0.6 is 11.5 Å². The topological polar surface area (TPSA) is 72.0 Å². The Labute approximate surface area is 100 Å². The van der Waals surface area contributed by atoms with Crippen molar-refractivity contribution in [3.05, 3.63) is 5.82 Å². The molecule has 0 saturated carbocycles. The number of anilines is 1. The Kier molecular flexibility index (Phi) is 3.59. The first-order chi connectivity index (χ1) is 7.09. The molecule has 1 rings (SSSR count). The minimum Gasteiger partial charge on any atom is -0.356 e. The molecule has 1 unspecified atom stereocenters. The van der Waals surface area contributed by atoms with Crippen LogP contribution in [0.1, 0.15) is 38.8 Å². The first-order valence-electron chi connectivity index (χ1n) is 4.90. The van der Waals surface area contributed by atoms with Gasteiger partial charge in [-0.05, 0) is 27.7 Å². The lowest BCUT2D eigenvalue weighted by Crippen LogP contribution is -2.25. The van der Waals surface area contributed by atoms with Gasteiger partial charge in [0.15, 0.2) is 15.7 Å². The van der Waals surface area contributed by atoms with Crippen LogP contribution in [-0.4, -0.2) is 29.6 Å². The number of hydrogen-bond donors (Lipinski definition) is 1. The third-order valence-electron chi connectivity index (χ3n) is 1.93. The molecule has 1 aromatic heterocycles. The summed E-state index contributed by atoms with van der Waals surface area (Å²) in [6.45, 7) is 7.62. The largest absolute Gasteiger partial charge is 0.356 e. The smallest absolute Gasteiger partial charge is 0.203 e. The minimum atomic E-state index is -3.13. The van der Waals surface area contributed by atoms with E-state index in [9.17, 15) is 8.42 Å². The molecule has 0 saturated heterocycles. The lowest BCUT2D eigenvalue weighted by Gasteiger charge is -2.18. The van der Waals surface area contributed by atoms with Gasteiger partial charge in [-0.2, -0.15) is 4.37 Å². The van der Waals surface area contributed by atoms with Gasteiger partial charge in [0.25, 0.3) is 0 Å². The number of sulfone groups is 1. The zero-order chi connectivity index (χ0) is 12.6. The molecular weight excluding hydrogens is 246 g/mol. The van der Waals surface area contributed by atoms with Gasteiger partial charge < -0.3 is 5.32 Å². The lowest BCUT2D eigenvalue weighted by atomic mass is 10.1. The second kappa shape index (κ2) is 4.29. The van der Waals surface area contributed by atoms with Crippen LogP contribution in [0.25, 0.3) is 0 Å².